The molecule has 3 aromatic rings. The van der Waals surface area contributed by atoms with Crippen molar-refractivity contribution in [3.05, 3.63) is 68.9 Å². The van der Waals surface area contributed by atoms with Crippen LogP contribution in [0.1, 0.15) is 20.9 Å². The first-order valence-corrected chi connectivity index (χ1v) is 8.12. The molecule has 0 radical (unpaired) electrons. The van der Waals surface area contributed by atoms with E-state index >= 15 is 0 Å². The van der Waals surface area contributed by atoms with E-state index in [0.29, 0.717) is 17.0 Å². The fourth-order valence-corrected chi connectivity index (χ4v) is 3.31. The number of rotatable bonds is 4. The van der Waals surface area contributed by atoms with Crippen LogP contribution in [-0.2, 0) is 6.54 Å². The van der Waals surface area contributed by atoms with E-state index in [1.807, 2.05) is 48.7 Å². The highest BCUT2D eigenvalue weighted by atomic mass is 32.1. The van der Waals surface area contributed by atoms with Crippen molar-refractivity contribution in [3.8, 4) is 5.69 Å². The van der Waals surface area contributed by atoms with Crippen LogP contribution in [0.4, 0.5) is 0 Å². The quantitative estimate of drug-likeness (QED) is 0.715. The third kappa shape index (κ3) is 2.88. The second kappa shape index (κ2) is 6.29. The molecule has 2 aromatic heterocycles. The highest BCUT2D eigenvalue weighted by molar-refractivity contribution is 7.71. The van der Waals surface area contributed by atoms with Crippen LogP contribution < -0.4 is 5.32 Å². The molecule has 4 nitrogen and oxygen atoms in total. The number of nitrogens with one attached hydrogen (secondary N) is 2. The summed E-state index contributed by atoms with van der Waals surface area (Å²) in [5.74, 6) is -0.149. The Labute approximate surface area is 137 Å². The minimum absolute atomic E-state index is 0.149. The monoisotopic (exact) mass is 329 g/mol. The second-order valence-corrected chi connectivity index (χ2v) is 6.25. The van der Waals surface area contributed by atoms with Crippen LogP contribution in [0.2, 0.25) is 0 Å². The van der Waals surface area contributed by atoms with Crippen molar-refractivity contribution in [2.45, 2.75) is 13.5 Å². The largest absolute Gasteiger partial charge is 0.346 e. The summed E-state index contributed by atoms with van der Waals surface area (Å²) in [6, 6.07) is 11.7. The number of benzene rings is 1. The number of H-pyrrole nitrogens is 1. The van der Waals surface area contributed by atoms with Crippen LogP contribution in [0.3, 0.4) is 0 Å². The maximum Gasteiger partial charge on any atom is 0.270 e. The standard InChI is InChI=1S/C16H15N3OS2/c1-11-7-8-22-14(11)10-17-15(20)13-9-18-16(21)19(13)12-5-3-2-4-6-12/h2-9H,10H2,1H3,(H,17,20)(H,18,21). The first-order valence-electron chi connectivity index (χ1n) is 6.84. The molecule has 0 saturated heterocycles. The summed E-state index contributed by atoms with van der Waals surface area (Å²) in [4.78, 5) is 16.6. The molecule has 1 amide bonds. The number of thiophene rings is 1. The number of hydrogen-bond acceptors (Lipinski definition) is 3. The number of carbonyl (C=O) groups excluding carboxylic acids is 1. The Kier molecular flexibility index (Phi) is 4.22. The van der Waals surface area contributed by atoms with Crippen molar-refractivity contribution in [1.29, 1.82) is 0 Å². The summed E-state index contributed by atoms with van der Waals surface area (Å²) in [5, 5.41) is 4.98. The van der Waals surface area contributed by atoms with Crippen molar-refractivity contribution in [1.82, 2.24) is 14.9 Å². The first kappa shape index (κ1) is 14.7. The van der Waals surface area contributed by atoms with Gasteiger partial charge in [0.15, 0.2) is 4.77 Å². The zero-order valence-electron chi connectivity index (χ0n) is 12.0. The first-order chi connectivity index (χ1) is 10.7. The molecule has 0 saturated carbocycles. The molecule has 2 N–H and O–H groups in total. The molecular weight excluding hydrogens is 314 g/mol. The second-order valence-electron chi connectivity index (χ2n) is 4.86. The fraction of sp³-hybridized carbons (Fsp3) is 0.125. The average Bonchev–Trinajstić information content (AvgIpc) is 3.11. The molecule has 3 rings (SSSR count). The van der Waals surface area contributed by atoms with Crippen LogP contribution in [-0.4, -0.2) is 15.5 Å². The molecular formula is C16H15N3OS2. The third-order valence-electron chi connectivity index (χ3n) is 3.40. The van der Waals surface area contributed by atoms with E-state index in [9.17, 15) is 4.79 Å². The molecule has 112 valence electrons. The third-order valence-corrected chi connectivity index (χ3v) is 4.72. The molecule has 0 spiro atoms. The molecule has 6 heteroatoms. The molecule has 0 aliphatic carbocycles. The lowest BCUT2D eigenvalue weighted by Crippen LogP contribution is -2.25. The normalized spacial score (nSPS) is 10.6. The molecule has 1 aromatic carbocycles. The molecule has 2 heterocycles. The van der Waals surface area contributed by atoms with Gasteiger partial charge in [0.2, 0.25) is 0 Å². The van der Waals surface area contributed by atoms with E-state index in [1.165, 1.54) is 5.56 Å². The van der Waals surface area contributed by atoms with E-state index in [0.717, 1.165) is 10.6 Å². The number of carbonyl (C=O) groups is 1. The van der Waals surface area contributed by atoms with Crippen LogP contribution >= 0.6 is 23.6 Å². The van der Waals surface area contributed by atoms with Crippen LogP contribution in [0, 0.1) is 11.7 Å². The van der Waals surface area contributed by atoms with Gasteiger partial charge in [-0.2, -0.15) is 0 Å². The van der Waals surface area contributed by atoms with Gasteiger partial charge in [-0.25, -0.2) is 0 Å². The lowest BCUT2D eigenvalue weighted by molar-refractivity contribution is 0.0944. The van der Waals surface area contributed by atoms with Gasteiger partial charge in [0.25, 0.3) is 5.91 Å². The van der Waals surface area contributed by atoms with E-state index in [4.69, 9.17) is 12.2 Å². The zero-order valence-corrected chi connectivity index (χ0v) is 13.6. The maximum absolute atomic E-state index is 12.5. The lowest BCUT2D eigenvalue weighted by Gasteiger charge is -2.09. The van der Waals surface area contributed by atoms with Gasteiger partial charge in [-0.15, -0.1) is 11.3 Å². The van der Waals surface area contributed by atoms with Crippen molar-refractivity contribution in [3.63, 3.8) is 0 Å². The van der Waals surface area contributed by atoms with Crippen LogP contribution in [0.5, 0.6) is 0 Å². The van der Waals surface area contributed by atoms with Crippen LogP contribution in [0.25, 0.3) is 5.69 Å². The van der Waals surface area contributed by atoms with E-state index in [2.05, 4.69) is 10.3 Å². The van der Waals surface area contributed by atoms with Crippen LogP contribution in [0.15, 0.2) is 48.0 Å². The number of nitrogens with zero attached hydrogens (tertiary/aromatic N) is 1. The topological polar surface area (TPSA) is 49.8 Å². The predicted octanol–water partition coefficient (Wildman–Crippen LogP) is 3.83. The van der Waals surface area contributed by atoms with E-state index < -0.39 is 0 Å². The number of aryl methyl sites for hydroxylation is 1. The summed E-state index contributed by atoms with van der Waals surface area (Å²) in [6.45, 7) is 2.56. The summed E-state index contributed by atoms with van der Waals surface area (Å²) >= 11 is 6.93. The predicted molar refractivity (Wildman–Crippen MR) is 91.2 cm³/mol. The zero-order chi connectivity index (χ0) is 15.5. The highest BCUT2D eigenvalue weighted by Crippen LogP contribution is 2.16. The Bertz CT molecular complexity index is 846. The van der Waals surface area contributed by atoms with Crippen molar-refractivity contribution < 1.29 is 4.79 Å². The average molecular weight is 329 g/mol. The van der Waals surface area contributed by atoms with Crippen molar-refractivity contribution in [2.75, 3.05) is 0 Å². The summed E-state index contributed by atoms with van der Waals surface area (Å²) < 4.78 is 2.25. The van der Waals surface area contributed by atoms with Gasteiger partial charge in [0.1, 0.15) is 5.69 Å². The van der Waals surface area contributed by atoms with E-state index in [-0.39, 0.29) is 5.91 Å². The minimum Gasteiger partial charge on any atom is -0.346 e. The summed E-state index contributed by atoms with van der Waals surface area (Å²) in [6.07, 6.45) is 1.64. The number of aromatic amines is 1. The van der Waals surface area contributed by atoms with Gasteiger partial charge in [0, 0.05) is 16.8 Å². The molecule has 0 aliphatic rings. The molecule has 0 aliphatic heterocycles. The Morgan fingerprint density at radius 2 is 2.09 bits per heavy atom. The Morgan fingerprint density at radius 3 is 2.77 bits per heavy atom. The molecule has 22 heavy (non-hydrogen) atoms. The molecule has 0 atom stereocenters. The summed E-state index contributed by atoms with van der Waals surface area (Å²) in [5.41, 5.74) is 2.57. The van der Waals surface area contributed by atoms with Gasteiger partial charge in [-0.3, -0.25) is 9.36 Å². The number of aromatic nitrogens is 2. The lowest BCUT2D eigenvalue weighted by atomic mass is 10.3. The molecule has 0 bridgehead atoms. The Morgan fingerprint density at radius 1 is 1.32 bits per heavy atom. The smallest absolute Gasteiger partial charge is 0.270 e. The molecule has 0 fully saturated rings. The number of amides is 1. The van der Waals surface area contributed by atoms with Gasteiger partial charge in [-0.1, -0.05) is 18.2 Å². The number of para-hydroxylation sites is 1. The SMILES string of the molecule is Cc1ccsc1CNC(=O)c1c[nH]c(=S)n1-c1ccccc1. The number of imidazole rings is 1. The Balaban J connectivity index is 1.85. The van der Waals surface area contributed by atoms with Crippen molar-refractivity contribution >= 4 is 29.5 Å². The highest BCUT2D eigenvalue weighted by Gasteiger charge is 2.14. The van der Waals surface area contributed by atoms with Crippen molar-refractivity contribution in [2.24, 2.45) is 0 Å². The summed E-state index contributed by atoms with van der Waals surface area (Å²) in [7, 11) is 0. The fourth-order valence-electron chi connectivity index (χ4n) is 2.21. The Hall–Kier alpha value is -2.18. The van der Waals surface area contributed by atoms with E-state index in [1.54, 1.807) is 22.1 Å². The molecule has 0 unspecified atom stereocenters. The minimum atomic E-state index is -0.149. The maximum atomic E-state index is 12.5. The van der Waals surface area contributed by atoms with Gasteiger partial charge in [0.05, 0.1) is 6.54 Å². The van der Waals surface area contributed by atoms with Gasteiger partial charge < -0.3 is 10.3 Å². The van der Waals surface area contributed by atoms with Gasteiger partial charge in [-0.05, 0) is 48.3 Å². The number of hydrogen-bond donors (Lipinski definition) is 2. The van der Waals surface area contributed by atoms with Gasteiger partial charge >= 0.3 is 0 Å².